The molecule has 1 atom stereocenters. The van der Waals surface area contributed by atoms with Crippen molar-refractivity contribution in [3.05, 3.63) is 58.6 Å². The van der Waals surface area contributed by atoms with E-state index in [2.05, 4.69) is 34.2 Å². The molecule has 0 N–H and O–H groups in total. The van der Waals surface area contributed by atoms with Crippen LogP contribution in [0.1, 0.15) is 42.9 Å². The summed E-state index contributed by atoms with van der Waals surface area (Å²) in [6.07, 6.45) is 8.51. The molecule has 1 aromatic heterocycles. The van der Waals surface area contributed by atoms with E-state index in [-0.39, 0.29) is 17.1 Å². The maximum atomic E-state index is 13.3. The second-order valence-electron chi connectivity index (χ2n) is 7.49. The van der Waals surface area contributed by atoms with E-state index >= 15 is 0 Å². The third kappa shape index (κ3) is 4.17. The number of hydrogen-bond donors (Lipinski definition) is 0. The third-order valence-corrected chi connectivity index (χ3v) is 7.93. The van der Waals surface area contributed by atoms with Gasteiger partial charge in [0.15, 0.2) is 0 Å². The summed E-state index contributed by atoms with van der Waals surface area (Å²) in [4.78, 5) is 23.8. The molecule has 4 rings (SSSR count). The van der Waals surface area contributed by atoms with Crippen LogP contribution in [0.5, 0.6) is 0 Å². The fraction of sp³-hybridized carbons (Fsp3) is 0.409. The van der Waals surface area contributed by atoms with Crippen LogP contribution in [0, 0.1) is 5.92 Å². The Balaban J connectivity index is 1.47. The molecule has 1 unspecified atom stereocenters. The van der Waals surface area contributed by atoms with Crippen LogP contribution in [-0.4, -0.2) is 49.3 Å². The monoisotopic (exact) mass is 461 g/mol. The van der Waals surface area contributed by atoms with Gasteiger partial charge in [0.1, 0.15) is 0 Å². The van der Waals surface area contributed by atoms with Crippen LogP contribution < -0.4 is 4.46 Å². The van der Waals surface area contributed by atoms with Crippen LogP contribution in [0.2, 0.25) is 10.6 Å². The molecule has 0 spiro atoms. The Hall–Kier alpha value is -1.68. The van der Waals surface area contributed by atoms with Crippen LogP contribution in [-0.2, 0) is 4.79 Å². The number of nitrogens with zero attached hydrogens (tertiary/aromatic N) is 3. The summed E-state index contributed by atoms with van der Waals surface area (Å²) in [6, 6.07) is 10.5. The average Bonchev–Trinajstić information content (AvgIpc) is 3.35. The van der Waals surface area contributed by atoms with Crippen molar-refractivity contribution in [2.75, 3.05) is 13.6 Å². The van der Waals surface area contributed by atoms with E-state index in [9.17, 15) is 4.79 Å². The van der Waals surface area contributed by atoms with Gasteiger partial charge in [-0.2, -0.15) is 0 Å². The number of aromatic nitrogens is 2. The number of likely N-dealkylation sites (N-methyl/N-ethyl adjacent to an activating group) is 1. The predicted octanol–water partition coefficient (Wildman–Crippen LogP) is 3.71. The van der Waals surface area contributed by atoms with Crippen LogP contribution in [0.15, 0.2) is 42.1 Å². The molecule has 146 valence electrons. The van der Waals surface area contributed by atoms with Crippen LogP contribution in [0.25, 0.3) is 6.08 Å². The number of fused-ring (bicyclic) bond motifs is 1. The van der Waals surface area contributed by atoms with Gasteiger partial charge in [-0.3, -0.25) is 0 Å². The third-order valence-electron chi connectivity index (χ3n) is 5.66. The van der Waals surface area contributed by atoms with Gasteiger partial charge in [0.05, 0.1) is 0 Å². The molecule has 0 aliphatic heterocycles. The maximum absolute atomic E-state index is 13.3. The number of carbonyl (C=O) groups is 1. The minimum atomic E-state index is 0.0626. The molecule has 6 heteroatoms. The van der Waals surface area contributed by atoms with Crippen molar-refractivity contribution in [3.63, 3.8) is 0 Å². The molecular weight excluding hydrogens is 437 g/mol. The van der Waals surface area contributed by atoms with Crippen LogP contribution in [0.3, 0.4) is 0 Å². The molecule has 2 aliphatic rings. The summed E-state index contributed by atoms with van der Waals surface area (Å²) < 4.78 is 1.37. The van der Waals surface area contributed by atoms with E-state index in [1.807, 2.05) is 24.1 Å². The first-order chi connectivity index (χ1) is 13.6. The van der Waals surface area contributed by atoms with E-state index < -0.39 is 0 Å². The standard InChI is InChI=1S/C22H24ClN3OSe/c1-26(11-12-28-17-9-3-2-4-10-17)21(27)18-13-16-14-24-22(23)25-20(16)19(18)15-7-5-6-8-15/h2-4,9-10,13-15,19H,5-8,11-12H2,1H3. The van der Waals surface area contributed by atoms with E-state index in [0.29, 0.717) is 20.9 Å². The van der Waals surface area contributed by atoms with Gasteiger partial charge in [-0.05, 0) is 0 Å². The first-order valence-corrected chi connectivity index (χ1v) is 12.3. The summed E-state index contributed by atoms with van der Waals surface area (Å²) in [5, 5.41) is 1.28. The summed E-state index contributed by atoms with van der Waals surface area (Å²) >= 11 is 6.45. The number of carbonyl (C=O) groups excluding carboxylic acids is 1. The van der Waals surface area contributed by atoms with Crippen LogP contribution in [0.4, 0.5) is 0 Å². The molecule has 1 saturated carbocycles. The second kappa shape index (κ2) is 8.77. The first kappa shape index (κ1) is 19.6. The normalized spacial score (nSPS) is 18.8. The van der Waals surface area contributed by atoms with Gasteiger partial charge in [0, 0.05) is 0 Å². The van der Waals surface area contributed by atoms with Crippen molar-refractivity contribution < 1.29 is 4.79 Å². The Morgan fingerprint density at radius 3 is 2.75 bits per heavy atom. The summed E-state index contributed by atoms with van der Waals surface area (Å²) in [7, 11) is 1.91. The van der Waals surface area contributed by atoms with Crippen molar-refractivity contribution in [2.24, 2.45) is 5.92 Å². The SMILES string of the molecule is CN(CC[Se]c1ccccc1)C(=O)C1=Cc2cnc(Cl)nc2C1C1CCCC1. The zero-order chi connectivity index (χ0) is 19.5. The Morgan fingerprint density at radius 2 is 2.00 bits per heavy atom. The van der Waals surface area contributed by atoms with Crippen molar-refractivity contribution >= 4 is 43.0 Å². The van der Waals surface area contributed by atoms with Gasteiger partial charge in [-0.15, -0.1) is 0 Å². The summed E-state index contributed by atoms with van der Waals surface area (Å²) in [5.74, 6) is 0.659. The van der Waals surface area contributed by atoms with E-state index in [1.165, 1.54) is 17.3 Å². The van der Waals surface area contributed by atoms with Gasteiger partial charge >= 0.3 is 178 Å². The zero-order valence-corrected chi connectivity index (χ0v) is 18.4. The average molecular weight is 461 g/mol. The Bertz CT molecular complexity index is 881. The molecule has 0 bridgehead atoms. The van der Waals surface area contributed by atoms with Crippen LogP contribution >= 0.6 is 11.6 Å². The van der Waals surface area contributed by atoms with Gasteiger partial charge in [0.25, 0.3) is 0 Å². The molecule has 1 fully saturated rings. The van der Waals surface area contributed by atoms with Gasteiger partial charge < -0.3 is 0 Å². The molecule has 28 heavy (non-hydrogen) atoms. The molecule has 4 nitrogen and oxygen atoms in total. The second-order valence-corrected chi connectivity index (χ2v) is 10.3. The van der Waals surface area contributed by atoms with Crippen molar-refractivity contribution in [2.45, 2.75) is 36.9 Å². The first-order valence-electron chi connectivity index (χ1n) is 9.81. The molecule has 2 aromatic rings. The predicted molar refractivity (Wildman–Crippen MR) is 114 cm³/mol. The number of amides is 1. The molecule has 0 radical (unpaired) electrons. The van der Waals surface area contributed by atoms with E-state index in [0.717, 1.165) is 41.5 Å². The number of halogens is 1. The molecular formula is C22H24ClN3OSe. The quantitative estimate of drug-likeness (QED) is 0.488. The molecule has 1 amide bonds. The Kier molecular flexibility index (Phi) is 6.15. The summed E-state index contributed by atoms with van der Waals surface area (Å²) in [5.41, 5.74) is 2.76. The minimum absolute atomic E-state index is 0.0626. The fourth-order valence-electron chi connectivity index (χ4n) is 4.25. The molecule has 1 heterocycles. The van der Waals surface area contributed by atoms with Gasteiger partial charge in [-0.25, -0.2) is 0 Å². The van der Waals surface area contributed by atoms with Gasteiger partial charge in [-0.1, -0.05) is 0 Å². The Morgan fingerprint density at radius 1 is 1.25 bits per heavy atom. The van der Waals surface area contributed by atoms with Crippen molar-refractivity contribution in [1.82, 2.24) is 14.9 Å². The van der Waals surface area contributed by atoms with E-state index in [1.54, 1.807) is 6.20 Å². The molecule has 1 aromatic carbocycles. The number of benzene rings is 1. The summed E-state index contributed by atoms with van der Waals surface area (Å²) in [6.45, 7) is 0.769. The molecule has 0 saturated heterocycles. The van der Waals surface area contributed by atoms with E-state index in [4.69, 9.17) is 11.6 Å². The van der Waals surface area contributed by atoms with Crippen molar-refractivity contribution in [1.29, 1.82) is 0 Å². The number of rotatable bonds is 6. The topological polar surface area (TPSA) is 46.1 Å². The fourth-order valence-corrected chi connectivity index (χ4v) is 6.38. The number of hydrogen-bond acceptors (Lipinski definition) is 3. The van der Waals surface area contributed by atoms with Gasteiger partial charge in [0.2, 0.25) is 0 Å². The molecule has 2 aliphatic carbocycles. The Labute approximate surface area is 177 Å². The zero-order valence-electron chi connectivity index (χ0n) is 16.0. The van der Waals surface area contributed by atoms with Crippen molar-refractivity contribution in [3.8, 4) is 0 Å².